The molecule has 1 heterocycles. The molecule has 1 aromatic heterocycles. The van der Waals surface area contributed by atoms with Crippen LogP contribution in [-0.2, 0) is 10.0 Å². The van der Waals surface area contributed by atoms with Crippen molar-refractivity contribution < 1.29 is 8.42 Å². The van der Waals surface area contributed by atoms with Crippen molar-refractivity contribution in [3.63, 3.8) is 0 Å². The summed E-state index contributed by atoms with van der Waals surface area (Å²) >= 11 is 0. The van der Waals surface area contributed by atoms with E-state index < -0.39 is 10.0 Å². The molecule has 6 heteroatoms. The molecule has 0 aliphatic carbocycles. The van der Waals surface area contributed by atoms with Gasteiger partial charge in [-0.2, -0.15) is 0 Å². The van der Waals surface area contributed by atoms with Gasteiger partial charge in [0.05, 0.1) is 5.69 Å². The Morgan fingerprint density at radius 2 is 2.19 bits per heavy atom. The van der Waals surface area contributed by atoms with Crippen LogP contribution in [0.1, 0.15) is 13.3 Å². The molecule has 0 unspecified atom stereocenters. The van der Waals surface area contributed by atoms with E-state index in [2.05, 4.69) is 10.3 Å². The summed E-state index contributed by atoms with van der Waals surface area (Å²) in [5.74, 6) is 0. The average Bonchev–Trinajstić information content (AvgIpc) is 2.29. The van der Waals surface area contributed by atoms with Gasteiger partial charge in [0.15, 0.2) is 0 Å². The first-order chi connectivity index (χ1) is 7.54. The van der Waals surface area contributed by atoms with E-state index in [1.54, 1.807) is 26.4 Å². The van der Waals surface area contributed by atoms with Gasteiger partial charge in [-0.25, -0.2) is 12.7 Å². The number of hydrogen-bond donors (Lipinski definition) is 1. The molecular formula is C10H17N3O2S. The highest BCUT2D eigenvalue weighted by molar-refractivity contribution is 7.89. The number of hydrogen-bond acceptors (Lipinski definition) is 4. The van der Waals surface area contributed by atoms with E-state index in [1.807, 2.05) is 6.92 Å². The predicted octanol–water partition coefficient (Wildman–Crippen LogP) is 1.15. The molecule has 0 spiro atoms. The molecule has 0 atom stereocenters. The van der Waals surface area contributed by atoms with Gasteiger partial charge in [0, 0.05) is 33.0 Å². The molecule has 0 amide bonds. The summed E-state index contributed by atoms with van der Waals surface area (Å²) in [6, 6.07) is 1.65. The molecule has 5 nitrogen and oxygen atoms in total. The maximum absolute atomic E-state index is 12.1. The quantitative estimate of drug-likeness (QED) is 0.842. The van der Waals surface area contributed by atoms with Gasteiger partial charge in [0.2, 0.25) is 10.0 Å². The normalized spacial score (nSPS) is 11.8. The van der Waals surface area contributed by atoms with Gasteiger partial charge in [0.25, 0.3) is 0 Å². The minimum absolute atomic E-state index is 0.216. The first kappa shape index (κ1) is 12.9. The molecule has 0 bridgehead atoms. The minimum atomic E-state index is -3.44. The lowest BCUT2D eigenvalue weighted by Gasteiger charge is -2.17. The molecule has 1 aromatic rings. The van der Waals surface area contributed by atoms with E-state index >= 15 is 0 Å². The average molecular weight is 243 g/mol. The Morgan fingerprint density at radius 1 is 1.50 bits per heavy atom. The topological polar surface area (TPSA) is 62.3 Å². The first-order valence-corrected chi connectivity index (χ1v) is 6.56. The van der Waals surface area contributed by atoms with E-state index in [1.165, 1.54) is 10.5 Å². The highest BCUT2D eigenvalue weighted by atomic mass is 32.2. The second-order valence-corrected chi connectivity index (χ2v) is 5.46. The van der Waals surface area contributed by atoms with Crippen LogP contribution in [0.4, 0.5) is 5.69 Å². The van der Waals surface area contributed by atoms with E-state index in [0.29, 0.717) is 12.2 Å². The zero-order chi connectivity index (χ0) is 12.2. The Labute approximate surface area is 96.5 Å². The van der Waals surface area contributed by atoms with E-state index in [4.69, 9.17) is 0 Å². The smallest absolute Gasteiger partial charge is 0.246 e. The molecule has 0 saturated heterocycles. The van der Waals surface area contributed by atoms with Crippen molar-refractivity contribution in [2.45, 2.75) is 18.2 Å². The summed E-state index contributed by atoms with van der Waals surface area (Å²) in [6.07, 6.45) is 3.71. The Hall–Kier alpha value is -1.14. The van der Waals surface area contributed by atoms with E-state index in [0.717, 1.165) is 6.42 Å². The molecule has 0 aliphatic rings. The number of rotatable bonds is 5. The van der Waals surface area contributed by atoms with Crippen molar-refractivity contribution in [3.8, 4) is 0 Å². The Balaban J connectivity index is 3.16. The molecule has 90 valence electrons. The van der Waals surface area contributed by atoms with Gasteiger partial charge in [-0.3, -0.25) is 4.98 Å². The fourth-order valence-corrected chi connectivity index (χ4v) is 2.80. The lowest BCUT2D eigenvalue weighted by molar-refractivity contribution is 0.468. The predicted molar refractivity (Wildman–Crippen MR) is 63.9 cm³/mol. The summed E-state index contributed by atoms with van der Waals surface area (Å²) in [4.78, 5) is 4.07. The number of pyridine rings is 1. The number of sulfonamides is 1. The van der Waals surface area contributed by atoms with E-state index in [9.17, 15) is 8.42 Å². The first-order valence-electron chi connectivity index (χ1n) is 5.12. The fraction of sp³-hybridized carbons (Fsp3) is 0.500. The summed E-state index contributed by atoms with van der Waals surface area (Å²) in [7, 11) is -0.172. The monoisotopic (exact) mass is 243 g/mol. The van der Waals surface area contributed by atoms with Gasteiger partial charge < -0.3 is 5.32 Å². The number of nitrogens with zero attached hydrogens (tertiary/aromatic N) is 2. The summed E-state index contributed by atoms with van der Waals surface area (Å²) in [6.45, 7) is 2.44. The van der Waals surface area contributed by atoms with Crippen molar-refractivity contribution >= 4 is 15.7 Å². The lowest BCUT2D eigenvalue weighted by atomic mass is 10.4. The van der Waals surface area contributed by atoms with E-state index in [-0.39, 0.29) is 4.90 Å². The van der Waals surface area contributed by atoms with Crippen molar-refractivity contribution in [2.75, 3.05) is 26.0 Å². The molecule has 1 N–H and O–H groups in total. The molecule has 0 saturated carbocycles. The number of nitrogens with one attached hydrogen (secondary N) is 1. The highest BCUT2D eigenvalue weighted by Crippen LogP contribution is 2.22. The second-order valence-electron chi connectivity index (χ2n) is 3.45. The van der Waals surface area contributed by atoms with Gasteiger partial charge in [-0.15, -0.1) is 0 Å². The Kier molecular flexibility index (Phi) is 4.26. The SMILES string of the molecule is CCCN(C)S(=O)(=O)c1cnccc1NC. The Bertz CT molecular complexity index is 445. The zero-order valence-electron chi connectivity index (χ0n) is 9.77. The van der Waals surface area contributed by atoms with Crippen molar-refractivity contribution in [1.82, 2.24) is 9.29 Å². The van der Waals surface area contributed by atoms with Crippen LogP contribution in [0.3, 0.4) is 0 Å². The van der Waals surface area contributed by atoms with Gasteiger partial charge in [0.1, 0.15) is 4.90 Å². The lowest BCUT2D eigenvalue weighted by Crippen LogP contribution is -2.28. The van der Waals surface area contributed by atoms with Crippen molar-refractivity contribution in [3.05, 3.63) is 18.5 Å². The fourth-order valence-electron chi connectivity index (χ4n) is 1.40. The van der Waals surface area contributed by atoms with Crippen molar-refractivity contribution in [1.29, 1.82) is 0 Å². The molecule has 0 aliphatic heterocycles. The third-order valence-electron chi connectivity index (χ3n) is 2.28. The minimum Gasteiger partial charge on any atom is -0.387 e. The molecule has 1 rings (SSSR count). The summed E-state index contributed by atoms with van der Waals surface area (Å²) in [5, 5.41) is 2.85. The molecule has 0 aromatic carbocycles. The number of aromatic nitrogens is 1. The van der Waals surface area contributed by atoms with Crippen LogP contribution in [0.15, 0.2) is 23.4 Å². The molecule has 16 heavy (non-hydrogen) atoms. The maximum atomic E-state index is 12.1. The van der Waals surface area contributed by atoms with Gasteiger partial charge >= 0.3 is 0 Å². The third kappa shape index (κ3) is 2.51. The van der Waals surface area contributed by atoms with Crippen LogP contribution in [-0.4, -0.2) is 38.3 Å². The van der Waals surface area contributed by atoms with Crippen LogP contribution < -0.4 is 5.32 Å². The molecular weight excluding hydrogens is 226 g/mol. The largest absolute Gasteiger partial charge is 0.387 e. The molecule has 0 radical (unpaired) electrons. The second kappa shape index (κ2) is 5.27. The van der Waals surface area contributed by atoms with Crippen LogP contribution in [0.5, 0.6) is 0 Å². The zero-order valence-corrected chi connectivity index (χ0v) is 10.6. The van der Waals surface area contributed by atoms with Crippen LogP contribution in [0, 0.1) is 0 Å². The number of anilines is 1. The maximum Gasteiger partial charge on any atom is 0.246 e. The highest BCUT2D eigenvalue weighted by Gasteiger charge is 2.23. The van der Waals surface area contributed by atoms with Crippen LogP contribution in [0.2, 0.25) is 0 Å². The third-order valence-corrected chi connectivity index (χ3v) is 4.16. The van der Waals surface area contributed by atoms with Crippen molar-refractivity contribution in [2.24, 2.45) is 0 Å². The Morgan fingerprint density at radius 3 is 2.75 bits per heavy atom. The van der Waals surface area contributed by atoms with Crippen LogP contribution in [0.25, 0.3) is 0 Å². The summed E-state index contributed by atoms with van der Waals surface area (Å²) < 4.78 is 25.6. The summed E-state index contributed by atoms with van der Waals surface area (Å²) in [5.41, 5.74) is 0.568. The van der Waals surface area contributed by atoms with Gasteiger partial charge in [-0.1, -0.05) is 6.92 Å². The standard InChI is InChI=1S/C10H17N3O2S/c1-4-7-13(3)16(14,15)10-8-12-6-5-9(10)11-2/h5-6,8H,4,7H2,1-3H3,(H,11,12). The van der Waals surface area contributed by atoms with Gasteiger partial charge in [-0.05, 0) is 12.5 Å². The molecule has 0 fully saturated rings. The van der Waals surface area contributed by atoms with Crippen LogP contribution >= 0.6 is 0 Å².